The van der Waals surface area contributed by atoms with E-state index in [2.05, 4.69) is 15.5 Å². The standard InChI is InChI=1S/C13H15FN4OS3/c14-10-4-2-1-3-9(10)7-20-6-5-16-11(19)8-21-13-18-17-12(15)22-13/h1-4H,5-8H2,(H2,15,17)(H,16,19). The Bertz CT molecular complexity index is 623. The molecule has 9 heteroatoms. The summed E-state index contributed by atoms with van der Waals surface area (Å²) in [4.78, 5) is 11.6. The predicted octanol–water partition coefficient (Wildman–Crippen LogP) is 2.40. The number of nitrogens with two attached hydrogens (primary N) is 1. The van der Waals surface area contributed by atoms with Crippen LogP contribution in [0, 0.1) is 5.82 Å². The SMILES string of the molecule is Nc1nnc(SCC(=O)NCCSCc2ccccc2F)s1. The zero-order valence-electron chi connectivity index (χ0n) is 11.6. The van der Waals surface area contributed by atoms with Gasteiger partial charge in [0.2, 0.25) is 11.0 Å². The number of hydrogen-bond donors (Lipinski definition) is 2. The number of aromatic nitrogens is 2. The second-order valence-corrected chi connectivity index (χ2v) is 7.53. The number of halogens is 1. The van der Waals surface area contributed by atoms with E-state index >= 15 is 0 Å². The molecule has 1 aromatic heterocycles. The molecule has 2 rings (SSSR count). The molecular weight excluding hydrogens is 343 g/mol. The molecule has 0 radical (unpaired) electrons. The Kier molecular flexibility index (Phi) is 6.94. The molecule has 1 heterocycles. The van der Waals surface area contributed by atoms with Crippen LogP contribution in [0.3, 0.4) is 0 Å². The van der Waals surface area contributed by atoms with Crippen LogP contribution in [0.5, 0.6) is 0 Å². The fourth-order valence-electron chi connectivity index (χ4n) is 1.52. The lowest BCUT2D eigenvalue weighted by Crippen LogP contribution is -2.27. The molecule has 0 fully saturated rings. The normalized spacial score (nSPS) is 10.6. The molecule has 3 N–H and O–H groups in total. The van der Waals surface area contributed by atoms with Crippen molar-refractivity contribution in [2.24, 2.45) is 0 Å². The minimum atomic E-state index is -0.188. The van der Waals surface area contributed by atoms with Gasteiger partial charge >= 0.3 is 0 Å². The summed E-state index contributed by atoms with van der Waals surface area (Å²) in [7, 11) is 0. The van der Waals surface area contributed by atoms with E-state index in [1.807, 2.05) is 6.07 Å². The quantitative estimate of drug-likeness (QED) is 0.557. The van der Waals surface area contributed by atoms with Gasteiger partial charge < -0.3 is 11.1 Å². The molecule has 5 nitrogen and oxygen atoms in total. The van der Waals surface area contributed by atoms with Gasteiger partial charge in [-0.2, -0.15) is 11.8 Å². The Balaban J connectivity index is 1.56. The molecular formula is C13H15FN4OS3. The molecule has 0 saturated carbocycles. The van der Waals surface area contributed by atoms with Gasteiger partial charge in [0.15, 0.2) is 4.34 Å². The van der Waals surface area contributed by atoms with Crippen LogP contribution in [0.1, 0.15) is 5.56 Å². The zero-order valence-corrected chi connectivity index (χ0v) is 14.1. The molecule has 0 aliphatic carbocycles. The van der Waals surface area contributed by atoms with Crippen molar-refractivity contribution in [3.8, 4) is 0 Å². The van der Waals surface area contributed by atoms with Crippen LogP contribution in [-0.4, -0.2) is 34.2 Å². The predicted molar refractivity (Wildman–Crippen MR) is 90.6 cm³/mol. The molecule has 22 heavy (non-hydrogen) atoms. The summed E-state index contributed by atoms with van der Waals surface area (Å²) in [5, 5.41) is 10.7. The van der Waals surface area contributed by atoms with Crippen LogP contribution < -0.4 is 11.1 Å². The number of rotatable bonds is 8. The molecule has 2 aromatic rings. The average molecular weight is 358 g/mol. The second kappa shape index (κ2) is 8.96. The highest BCUT2D eigenvalue weighted by Gasteiger charge is 2.06. The van der Waals surface area contributed by atoms with Crippen LogP contribution in [0.2, 0.25) is 0 Å². The van der Waals surface area contributed by atoms with E-state index in [9.17, 15) is 9.18 Å². The molecule has 1 aromatic carbocycles. The van der Waals surface area contributed by atoms with E-state index in [1.54, 1.807) is 23.9 Å². The summed E-state index contributed by atoms with van der Waals surface area (Å²) in [6, 6.07) is 6.71. The van der Waals surface area contributed by atoms with Gasteiger partial charge in [-0.1, -0.05) is 41.3 Å². The third kappa shape index (κ3) is 5.82. The van der Waals surface area contributed by atoms with E-state index in [1.165, 1.54) is 29.2 Å². The molecule has 0 aliphatic heterocycles. The van der Waals surface area contributed by atoms with Gasteiger partial charge in [0.1, 0.15) is 5.82 Å². The smallest absolute Gasteiger partial charge is 0.230 e. The topological polar surface area (TPSA) is 80.9 Å². The largest absolute Gasteiger partial charge is 0.374 e. The molecule has 0 unspecified atom stereocenters. The Morgan fingerprint density at radius 3 is 2.91 bits per heavy atom. The number of amides is 1. The number of nitrogen functional groups attached to an aromatic ring is 1. The number of carbonyl (C=O) groups excluding carboxylic acids is 1. The fourth-order valence-corrected chi connectivity index (χ4v) is 3.83. The van der Waals surface area contributed by atoms with Crippen LogP contribution in [0.4, 0.5) is 9.52 Å². The Morgan fingerprint density at radius 1 is 1.36 bits per heavy atom. The minimum Gasteiger partial charge on any atom is -0.374 e. The number of nitrogens with one attached hydrogen (secondary N) is 1. The lowest BCUT2D eigenvalue weighted by molar-refractivity contribution is -0.118. The molecule has 0 atom stereocenters. The highest BCUT2D eigenvalue weighted by molar-refractivity contribution is 8.01. The molecule has 0 bridgehead atoms. The van der Waals surface area contributed by atoms with Gasteiger partial charge in [-0.15, -0.1) is 10.2 Å². The van der Waals surface area contributed by atoms with Crippen LogP contribution in [0.25, 0.3) is 0 Å². The maximum atomic E-state index is 13.4. The fraction of sp³-hybridized carbons (Fsp3) is 0.308. The van der Waals surface area contributed by atoms with Crippen molar-refractivity contribution in [1.29, 1.82) is 0 Å². The zero-order chi connectivity index (χ0) is 15.8. The van der Waals surface area contributed by atoms with E-state index < -0.39 is 0 Å². The number of anilines is 1. The Labute approximate surface area is 140 Å². The van der Waals surface area contributed by atoms with E-state index in [4.69, 9.17) is 5.73 Å². The maximum Gasteiger partial charge on any atom is 0.230 e. The first-order chi connectivity index (χ1) is 10.6. The van der Waals surface area contributed by atoms with Gasteiger partial charge in [0.05, 0.1) is 5.75 Å². The molecule has 118 valence electrons. The van der Waals surface area contributed by atoms with Crippen molar-refractivity contribution < 1.29 is 9.18 Å². The van der Waals surface area contributed by atoms with Crippen molar-refractivity contribution in [2.45, 2.75) is 10.1 Å². The average Bonchev–Trinajstić information content (AvgIpc) is 2.92. The molecule has 0 saturated heterocycles. The Morgan fingerprint density at radius 2 is 2.18 bits per heavy atom. The lowest BCUT2D eigenvalue weighted by atomic mass is 10.2. The first-order valence-electron chi connectivity index (χ1n) is 6.45. The van der Waals surface area contributed by atoms with Crippen molar-refractivity contribution >= 4 is 45.9 Å². The molecule has 0 spiro atoms. The van der Waals surface area contributed by atoms with Gasteiger partial charge in [-0.05, 0) is 11.6 Å². The van der Waals surface area contributed by atoms with Gasteiger partial charge in [0, 0.05) is 18.1 Å². The van der Waals surface area contributed by atoms with Crippen LogP contribution in [-0.2, 0) is 10.5 Å². The summed E-state index contributed by atoms with van der Waals surface area (Å²) < 4.78 is 14.1. The number of hydrogen-bond acceptors (Lipinski definition) is 7. The Hall–Kier alpha value is -1.32. The van der Waals surface area contributed by atoms with Gasteiger partial charge in [-0.3, -0.25) is 4.79 Å². The number of benzene rings is 1. The summed E-state index contributed by atoms with van der Waals surface area (Å²) in [5.74, 6) is 1.36. The van der Waals surface area contributed by atoms with Crippen molar-refractivity contribution in [3.63, 3.8) is 0 Å². The first-order valence-corrected chi connectivity index (χ1v) is 9.40. The first kappa shape index (κ1) is 17.0. The molecule has 0 aliphatic rings. The number of thioether (sulfide) groups is 2. The summed E-state index contributed by atoms with van der Waals surface area (Å²) in [6.45, 7) is 0.552. The minimum absolute atomic E-state index is 0.0646. The third-order valence-corrected chi connectivity index (χ3v) is 5.43. The maximum absolute atomic E-state index is 13.4. The van der Waals surface area contributed by atoms with E-state index in [0.29, 0.717) is 27.3 Å². The highest BCUT2D eigenvalue weighted by atomic mass is 32.2. The summed E-state index contributed by atoms with van der Waals surface area (Å²) in [5.41, 5.74) is 6.14. The highest BCUT2D eigenvalue weighted by Crippen LogP contribution is 2.23. The monoisotopic (exact) mass is 358 g/mol. The van der Waals surface area contributed by atoms with Crippen molar-refractivity contribution in [3.05, 3.63) is 35.6 Å². The molecule has 1 amide bonds. The summed E-state index contributed by atoms with van der Waals surface area (Å²) >= 11 is 4.15. The third-order valence-electron chi connectivity index (χ3n) is 2.53. The van der Waals surface area contributed by atoms with Gasteiger partial charge in [-0.25, -0.2) is 4.39 Å². The lowest BCUT2D eigenvalue weighted by Gasteiger charge is -2.05. The second-order valence-electron chi connectivity index (χ2n) is 4.19. The van der Waals surface area contributed by atoms with Crippen molar-refractivity contribution in [1.82, 2.24) is 15.5 Å². The van der Waals surface area contributed by atoms with Crippen LogP contribution in [0.15, 0.2) is 28.6 Å². The van der Waals surface area contributed by atoms with Gasteiger partial charge in [0.25, 0.3) is 0 Å². The number of carbonyl (C=O) groups is 1. The van der Waals surface area contributed by atoms with E-state index in [-0.39, 0.29) is 17.5 Å². The van der Waals surface area contributed by atoms with Crippen molar-refractivity contribution in [2.75, 3.05) is 23.8 Å². The van der Waals surface area contributed by atoms with E-state index in [0.717, 1.165) is 5.75 Å². The number of nitrogens with zero attached hydrogens (tertiary/aromatic N) is 2. The van der Waals surface area contributed by atoms with Crippen LogP contribution >= 0.6 is 34.9 Å². The summed E-state index contributed by atoms with van der Waals surface area (Å²) in [6.07, 6.45) is 0.